The molecule has 0 atom stereocenters. The normalized spacial score (nSPS) is 9.88. The largest absolute Gasteiger partial charge is 0.344 e. The Morgan fingerprint density at radius 3 is 1.35 bits per heavy atom. The third-order valence-electron chi connectivity index (χ3n) is 2.96. The Bertz CT molecular complexity index is 119. The summed E-state index contributed by atoms with van der Waals surface area (Å²) in [5.41, 5.74) is 0. The zero-order valence-corrected chi connectivity index (χ0v) is 14.1. The van der Waals surface area contributed by atoms with Gasteiger partial charge in [-0.2, -0.15) is 0 Å². The molecule has 0 aromatic carbocycles. The molecule has 108 valence electrons. The Hall–Kier alpha value is 0.400. The van der Waals surface area contributed by atoms with E-state index in [1.807, 2.05) is 0 Å². The maximum atomic E-state index is 2.28. The summed E-state index contributed by atoms with van der Waals surface area (Å²) in [7, 11) is 4.32. The maximum Gasteiger partial charge on any atom is -0.00248 e. The van der Waals surface area contributed by atoms with Crippen molar-refractivity contribution in [3.63, 3.8) is 0 Å². The first-order valence-electron chi connectivity index (χ1n) is 6.92. The van der Waals surface area contributed by atoms with Gasteiger partial charge in [-0.25, -0.2) is 0 Å². The number of rotatable bonds is 11. The molecule has 0 aliphatic heterocycles. The van der Waals surface area contributed by atoms with Crippen molar-refractivity contribution in [3.05, 3.63) is 0 Å². The molecule has 0 rings (SSSR count). The summed E-state index contributed by atoms with van der Waals surface area (Å²) >= 11 is 0. The first-order chi connectivity index (χ1) is 7.27. The lowest BCUT2D eigenvalue weighted by atomic mass is 10.1. The van der Waals surface area contributed by atoms with Gasteiger partial charge in [0.1, 0.15) is 0 Å². The lowest BCUT2D eigenvalue weighted by molar-refractivity contribution is 0.389. The van der Waals surface area contributed by atoms with Gasteiger partial charge in [-0.1, -0.05) is 64.7 Å². The Morgan fingerprint density at radius 2 is 1.00 bits per heavy atom. The number of unbranched alkanes of at least 4 members (excludes halogenated alkanes) is 9. The molecule has 0 saturated carbocycles. The first-order valence-corrected chi connectivity index (χ1v) is 6.92. The van der Waals surface area contributed by atoms with Crippen LogP contribution in [0, 0.1) is 0 Å². The quantitative estimate of drug-likeness (QED) is 0.532. The molecule has 0 unspecified atom stereocenters. The molecule has 0 bridgehead atoms. The second-order valence-electron chi connectivity index (χ2n) is 4.99. The maximum absolute atomic E-state index is 2.28. The van der Waals surface area contributed by atoms with Crippen LogP contribution in [0.4, 0.5) is 0 Å². The van der Waals surface area contributed by atoms with Crippen LogP contribution < -0.4 is 6.15 Å². The molecule has 0 aromatic rings. The predicted octanol–water partition coefficient (Wildman–Crippen LogP) is 5.21. The standard InChI is InChI=1S/C14H31N.BrH.H3N/c1-4-5-6-7-8-9-10-11-12-13-14-15(2)3;;/h4-14H2,1-3H3;1H;1H3. The van der Waals surface area contributed by atoms with Crippen LogP contribution in [0.2, 0.25) is 0 Å². The van der Waals surface area contributed by atoms with Gasteiger partial charge >= 0.3 is 0 Å². The molecule has 0 radical (unpaired) electrons. The van der Waals surface area contributed by atoms with Gasteiger partial charge in [0.25, 0.3) is 0 Å². The highest BCUT2D eigenvalue weighted by Gasteiger charge is 1.93. The minimum Gasteiger partial charge on any atom is -0.344 e. The average Bonchev–Trinajstić information content (AvgIpc) is 2.20. The predicted molar refractivity (Wildman–Crippen MR) is 85.7 cm³/mol. The van der Waals surface area contributed by atoms with E-state index in [2.05, 4.69) is 25.9 Å². The smallest absolute Gasteiger partial charge is 0.00248 e. The van der Waals surface area contributed by atoms with Crippen molar-refractivity contribution in [2.24, 2.45) is 0 Å². The molecule has 0 amide bonds. The highest BCUT2D eigenvalue weighted by Crippen LogP contribution is 2.10. The Morgan fingerprint density at radius 1 is 0.647 bits per heavy atom. The summed E-state index contributed by atoms with van der Waals surface area (Å²) in [6.07, 6.45) is 14.4. The van der Waals surface area contributed by atoms with Crippen molar-refractivity contribution in [3.8, 4) is 0 Å². The second kappa shape index (κ2) is 18.8. The lowest BCUT2D eigenvalue weighted by Gasteiger charge is -2.08. The van der Waals surface area contributed by atoms with Crippen molar-refractivity contribution in [1.29, 1.82) is 0 Å². The minimum absolute atomic E-state index is 0. The van der Waals surface area contributed by atoms with Gasteiger partial charge in [0.2, 0.25) is 0 Å². The van der Waals surface area contributed by atoms with Crippen molar-refractivity contribution in [2.75, 3.05) is 20.6 Å². The van der Waals surface area contributed by atoms with Gasteiger partial charge in [-0.15, -0.1) is 17.0 Å². The van der Waals surface area contributed by atoms with Crippen LogP contribution in [0.25, 0.3) is 0 Å². The Balaban J connectivity index is -0.000000980. The summed E-state index contributed by atoms with van der Waals surface area (Å²) in [5.74, 6) is 0. The van der Waals surface area contributed by atoms with Gasteiger partial charge in [-0.05, 0) is 27.1 Å². The molecule has 0 aromatic heterocycles. The van der Waals surface area contributed by atoms with Crippen LogP contribution in [-0.2, 0) is 0 Å². The van der Waals surface area contributed by atoms with E-state index in [4.69, 9.17) is 0 Å². The van der Waals surface area contributed by atoms with Gasteiger partial charge in [0.05, 0.1) is 0 Å². The number of nitrogens with zero attached hydrogens (tertiary/aromatic N) is 1. The highest BCUT2D eigenvalue weighted by atomic mass is 79.9. The minimum atomic E-state index is 0. The van der Waals surface area contributed by atoms with E-state index in [-0.39, 0.29) is 23.1 Å². The van der Waals surface area contributed by atoms with E-state index in [0.717, 1.165) is 0 Å². The van der Waals surface area contributed by atoms with Crippen molar-refractivity contribution in [1.82, 2.24) is 11.1 Å². The molecule has 0 aliphatic carbocycles. The van der Waals surface area contributed by atoms with Crippen LogP contribution in [0.5, 0.6) is 0 Å². The van der Waals surface area contributed by atoms with E-state index in [9.17, 15) is 0 Å². The van der Waals surface area contributed by atoms with Crippen LogP contribution in [-0.4, -0.2) is 25.5 Å². The molecule has 2 nitrogen and oxygen atoms in total. The highest BCUT2D eigenvalue weighted by molar-refractivity contribution is 8.93. The van der Waals surface area contributed by atoms with E-state index in [1.54, 1.807) is 0 Å². The van der Waals surface area contributed by atoms with E-state index < -0.39 is 0 Å². The SMILES string of the molecule is Br.CCCCCCCCCCCCN(C)C.N. The Kier molecular flexibility index (Phi) is 24.9. The van der Waals surface area contributed by atoms with Gasteiger partial charge in [0, 0.05) is 0 Å². The fourth-order valence-corrected chi connectivity index (χ4v) is 1.92. The second-order valence-corrected chi connectivity index (χ2v) is 4.99. The van der Waals surface area contributed by atoms with Crippen LogP contribution in [0.15, 0.2) is 0 Å². The molecule has 0 aliphatic rings. The third kappa shape index (κ3) is 22.1. The first kappa shape index (κ1) is 22.6. The summed E-state index contributed by atoms with van der Waals surface area (Å²) in [6, 6.07) is 0. The number of hydrogen-bond donors (Lipinski definition) is 1. The van der Waals surface area contributed by atoms with E-state index in [1.165, 1.54) is 70.8 Å². The molecule has 3 heteroatoms. The van der Waals surface area contributed by atoms with Gasteiger partial charge in [-0.3, -0.25) is 0 Å². The van der Waals surface area contributed by atoms with Gasteiger partial charge < -0.3 is 11.1 Å². The van der Waals surface area contributed by atoms with Crippen molar-refractivity contribution < 1.29 is 0 Å². The molecular weight excluding hydrogens is 276 g/mol. The molecular formula is C14H35BrN2. The van der Waals surface area contributed by atoms with Crippen LogP contribution in [0.3, 0.4) is 0 Å². The topological polar surface area (TPSA) is 38.2 Å². The van der Waals surface area contributed by atoms with Crippen LogP contribution >= 0.6 is 17.0 Å². The summed E-state index contributed by atoms with van der Waals surface area (Å²) in [5, 5.41) is 0. The number of hydrogen-bond acceptors (Lipinski definition) is 2. The zero-order valence-electron chi connectivity index (χ0n) is 12.3. The molecule has 0 fully saturated rings. The Labute approximate surface area is 120 Å². The zero-order chi connectivity index (χ0) is 11.4. The molecule has 0 saturated heterocycles. The summed E-state index contributed by atoms with van der Waals surface area (Å²) in [6.45, 7) is 3.54. The van der Waals surface area contributed by atoms with Gasteiger partial charge in [0.15, 0.2) is 0 Å². The fraction of sp³-hybridized carbons (Fsp3) is 1.00. The molecule has 0 spiro atoms. The van der Waals surface area contributed by atoms with E-state index in [0.29, 0.717) is 0 Å². The van der Waals surface area contributed by atoms with Crippen molar-refractivity contribution in [2.45, 2.75) is 71.1 Å². The third-order valence-corrected chi connectivity index (χ3v) is 2.96. The average molecular weight is 311 g/mol. The number of halogens is 1. The molecule has 17 heavy (non-hydrogen) atoms. The summed E-state index contributed by atoms with van der Waals surface area (Å²) < 4.78 is 0. The lowest BCUT2D eigenvalue weighted by Crippen LogP contribution is -2.12. The van der Waals surface area contributed by atoms with Crippen molar-refractivity contribution >= 4 is 17.0 Å². The molecule has 3 N–H and O–H groups in total. The fourth-order valence-electron chi connectivity index (χ4n) is 1.92. The monoisotopic (exact) mass is 310 g/mol. The summed E-state index contributed by atoms with van der Waals surface area (Å²) in [4.78, 5) is 2.28. The van der Waals surface area contributed by atoms with E-state index >= 15 is 0 Å². The molecule has 0 heterocycles. The van der Waals surface area contributed by atoms with Crippen LogP contribution in [0.1, 0.15) is 71.1 Å².